The van der Waals surface area contributed by atoms with Gasteiger partial charge in [-0.05, 0) is 31.4 Å². The molecule has 3 rings (SSSR count). The number of benzene rings is 1. The van der Waals surface area contributed by atoms with E-state index in [1.165, 1.54) is 18.2 Å². The van der Waals surface area contributed by atoms with E-state index < -0.39 is 5.25 Å². The van der Waals surface area contributed by atoms with Crippen LogP contribution in [0.2, 0.25) is 5.02 Å². The number of piperidine rings is 1. The van der Waals surface area contributed by atoms with Gasteiger partial charge in [-0.1, -0.05) is 35.5 Å². The normalized spacial score (nSPS) is 21.3. The number of thioether (sulfide) groups is 1. The molecule has 23 heavy (non-hydrogen) atoms. The summed E-state index contributed by atoms with van der Waals surface area (Å²) < 4.78 is 0. The van der Waals surface area contributed by atoms with E-state index >= 15 is 0 Å². The Hall–Kier alpha value is -1.53. The van der Waals surface area contributed by atoms with Crippen LogP contribution in [-0.4, -0.2) is 40.2 Å². The van der Waals surface area contributed by atoms with Crippen molar-refractivity contribution in [2.45, 2.75) is 30.9 Å². The zero-order valence-corrected chi connectivity index (χ0v) is 14.2. The molecule has 0 radical (unpaired) electrons. The number of amidine groups is 1. The van der Waals surface area contributed by atoms with E-state index in [9.17, 15) is 9.59 Å². The summed E-state index contributed by atoms with van der Waals surface area (Å²) in [5, 5.41) is 3.57. The van der Waals surface area contributed by atoms with E-state index in [1.807, 2.05) is 0 Å². The topological polar surface area (TPSA) is 61.8 Å². The number of likely N-dealkylation sites (tertiary alicyclic amines) is 1. The molecule has 1 N–H and O–H groups in total. The summed E-state index contributed by atoms with van der Waals surface area (Å²) in [6.45, 7) is 1.88. The molecule has 1 atom stereocenters. The van der Waals surface area contributed by atoms with Crippen molar-refractivity contribution in [2.75, 3.05) is 18.4 Å². The Balaban J connectivity index is 1.56. The van der Waals surface area contributed by atoms with Crippen LogP contribution >= 0.6 is 23.4 Å². The number of amides is 2. The molecule has 1 saturated heterocycles. The van der Waals surface area contributed by atoms with Gasteiger partial charge in [0.25, 0.3) is 5.91 Å². The maximum atomic E-state index is 12.1. The molecule has 7 heteroatoms. The maximum Gasteiger partial charge on any atom is 0.262 e. The van der Waals surface area contributed by atoms with Gasteiger partial charge in [0, 0.05) is 19.5 Å². The first-order valence-corrected chi connectivity index (χ1v) is 8.98. The van der Waals surface area contributed by atoms with Gasteiger partial charge in [-0.15, -0.1) is 0 Å². The van der Waals surface area contributed by atoms with Crippen LogP contribution in [0.15, 0.2) is 29.3 Å². The largest absolute Gasteiger partial charge is 0.351 e. The number of nitrogens with zero attached hydrogens (tertiary/aromatic N) is 2. The number of nitrogens with one attached hydrogen (secondary N) is 1. The number of hydrogen-bond acceptors (Lipinski definition) is 4. The Morgan fingerprint density at radius 2 is 2.04 bits per heavy atom. The second kappa shape index (κ2) is 7.36. The minimum Gasteiger partial charge on any atom is -0.351 e. The summed E-state index contributed by atoms with van der Waals surface area (Å²) in [5.74, 6) is -0.441. The zero-order valence-electron chi connectivity index (χ0n) is 12.6. The first kappa shape index (κ1) is 16.3. The van der Waals surface area contributed by atoms with E-state index in [-0.39, 0.29) is 18.2 Å². The lowest BCUT2D eigenvalue weighted by atomic mass is 10.1. The maximum absolute atomic E-state index is 12.1. The minimum absolute atomic E-state index is 0.107. The number of aliphatic imine (C=N–C) groups is 1. The molecule has 0 aliphatic carbocycles. The Morgan fingerprint density at radius 3 is 2.78 bits per heavy atom. The van der Waals surface area contributed by atoms with Crippen molar-refractivity contribution in [3.05, 3.63) is 29.3 Å². The molecule has 0 unspecified atom stereocenters. The molecule has 0 spiro atoms. The summed E-state index contributed by atoms with van der Waals surface area (Å²) in [6.07, 6.45) is 3.60. The van der Waals surface area contributed by atoms with Crippen molar-refractivity contribution >= 4 is 46.0 Å². The summed E-state index contributed by atoms with van der Waals surface area (Å²) >= 11 is 7.42. The predicted octanol–water partition coefficient (Wildman–Crippen LogP) is 3.15. The quantitative estimate of drug-likeness (QED) is 0.908. The fourth-order valence-electron chi connectivity index (χ4n) is 2.66. The van der Waals surface area contributed by atoms with Crippen LogP contribution in [-0.2, 0) is 9.59 Å². The van der Waals surface area contributed by atoms with Crippen LogP contribution in [0.4, 0.5) is 5.69 Å². The fraction of sp³-hybridized carbons (Fsp3) is 0.438. The van der Waals surface area contributed by atoms with Gasteiger partial charge < -0.3 is 10.2 Å². The van der Waals surface area contributed by atoms with E-state index in [0.717, 1.165) is 31.1 Å². The van der Waals surface area contributed by atoms with Gasteiger partial charge in [0.15, 0.2) is 5.17 Å². The van der Waals surface area contributed by atoms with Gasteiger partial charge in [-0.3, -0.25) is 9.59 Å². The molecule has 1 fully saturated rings. The number of para-hydroxylation sites is 1. The van der Waals surface area contributed by atoms with Gasteiger partial charge in [-0.2, -0.15) is 4.99 Å². The smallest absolute Gasteiger partial charge is 0.262 e. The monoisotopic (exact) mass is 351 g/mol. The van der Waals surface area contributed by atoms with Crippen molar-refractivity contribution < 1.29 is 9.59 Å². The molecule has 5 nitrogen and oxygen atoms in total. The molecule has 2 aliphatic rings. The van der Waals surface area contributed by atoms with E-state index in [2.05, 4.69) is 15.2 Å². The second-order valence-corrected chi connectivity index (χ2v) is 7.20. The third-order valence-electron chi connectivity index (χ3n) is 3.87. The van der Waals surface area contributed by atoms with Crippen LogP contribution < -0.4 is 5.32 Å². The lowest BCUT2D eigenvalue weighted by Gasteiger charge is -2.27. The highest BCUT2D eigenvalue weighted by molar-refractivity contribution is 8.15. The molecule has 1 aromatic carbocycles. The van der Waals surface area contributed by atoms with Crippen LogP contribution in [0.3, 0.4) is 0 Å². The van der Waals surface area contributed by atoms with Crippen LogP contribution in [0.1, 0.15) is 25.7 Å². The predicted molar refractivity (Wildman–Crippen MR) is 93.9 cm³/mol. The third-order valence-corrected chi connectivity index (χ3v) is 5.42. The summed E-state index contributed by atoms with van der Waals surface area (Å²) in [4.78, 5) is 30.5. The SMILES string of the molecule is O=C(C[C@@H]1SC(N2CCCCC2)=NC1=O)Nc1ccccc1Cl. The molecule has 0 bridgehead atoms. The lowest BCUT2D eigenvalue weighted by molar-refractivity contribution is -0.121. The van der Waals surface area contributed by atoms with E-state index in [4.69, 9.17) is 11.6 Å². The number of anilines is 1. The van der Waals surface area contributed by atoms with Crippen molar-refractivity contribution in [3.63, 3.8) is 0 Å². The Morgan fingerprint density at radius 1 is 1.30 bits per heavy atom. The Kier molecular flexibility index (Phi) is 5.23. The van der Waals surface area contributed by atoms with Crippen molar-refractivity contribution in [3.8, 4) is 0 Å². The van der Waals surface area contributed by atoms with Gasteiger partial charge in [0.05, 0.1) is 10.7 Å². The summed E-state index contributed by atoms with van der Waals surface area (Å²) in [6, 6.07) is 7.05. The molecular weight excluding hydrogens is 334 g/mol. The third kappa shape index (κ3) is 4.06. The number of carbonyl (C=O) groups is 2. The molecule has 1 aromatic rings. The first-order chi connectivity index (χ1) is 11.1. The fourth-order valence-corrected chi connectivity index (χ4v) is 3.96. The highest BCUT2D eigenvalue weighted by Crippen LogP contribution is 2.29. The highest BCUT2D eigenvalue weighted by Gasteiger charge is 2.33. The van der Waals surface area contributed by atoms with Crippen LogP contribution in [0.5, 0.6) is 0 Å². The standard InChI is InChI=1S/C16H18ClN3O2S/c17-11-6-2-3-7-12(11)18-14(21)10-13-15(22)19-16(23-13)20-8-4-1-5-9-20/h2-3,6-7,13H,1,4-5,8-10H2,(H,18,21)/t13-/m0/s1. The lowest BCUT2D eigenvalue weighted by Crippen LogP contribution is -2.33. The molecule has 122 valence electrons. The van der Waals surface area contributed by atoms with E-state index in [1.54, 1.807) is 24.3 Å². The van der Waals surface area contributed by atoms with Gasteiger partial charge in [0.1, 0.15) is 5.25 Å². The molecule has 2 amide bonds. The highest BCUT2D eigenvalue weighted by atomic mass is 35.5. The van der Waals surface area contributed by atoms with Crippen molar-refractivity contribution in [1.29, 1.82) is 0 Å². The van der Waals surface area contributed by atoms with Crippen LogP contribution in [0.25, 0.3) is 0 Å². The average molecular weight is 352 g/mol. The van der Waals surface area contributed by atoms with E-state index in [0.29, 0.717) is 10.7 Å². The summed E-state index contributed by atoms with van der Waals surface area (Å²) in [7, 11) is 0. The summed E-state index contributed by atoms with van der Waals surface area (Å²) in [5.41, 5.74) is 0.562. The van der Waals surface area contributed by atoms with Crippen molar-refractivity contribution in [2.24, 2.45) is 4.99 Å². The van der Waals surface area contributed by atoms with Crippen LogP contribution in [0, 0.1) is 0 Å². The van der Waals surface area contributed by atoms with Gasteiger partial charge >= 0.3 is 0 Å². The van der Waals surface area contributed by atoms with Gasteiger partial charge in [-0.25, -0.2) is 0 Å². The molecule has 2 aliphatic heterocycles. The van der Waals surface area contributed by atoms with Crippen molar-refractivity contribution in [1.82, 2.24) is 4.90 Å². The second-order valence-electron chi connectivity index (χ2n) is 5.62. The molecule has 0 aromatic heterocycles. The first-order valence-electron chi connectivity index (χ1n) is 7.72. The molecule has 2 heterocycles. The zero-order chi connectivity index (χ0) is 16.2. The Bertz CT molecular complexity index is 644. The minimum atomic E-state index is -0.436. The number of halogens is 1. The molecular formula is C16H18ClN3O2S. The van der Waals surface area contributed by atoms with Gasteiger partial charge in [0.2, 0.25) is 5.91 Å². The molecule has 0 saturated carbocycles. The Labute approximate surface area is 144 Å². The average Bonchev–Trinajstić information content (AvgIpc) is 2.91. The number of carbonyl (C=O) groups excluding carboxylic acids is 2. The number of hydrogen-bond donors (Lipinski definition) is 1. The number of rotatable bonds is 3.